The van der Waals surface area contributed by atoms with Crippen LogP contribution in [0.5, 0.6) is 5.75 Å². The van der Waals surface area contributed by atoms with Crippen LogP contribution < -0.4 is 0 Å². The summed E-state index contributed by atoms with van der Waals surface area (Å²) in [5.74, 6) is 0.328. The molecule has 0 radical (unpaired) electrons. The lowest BCUT2D eigenvalue weighted by molar-refractivity contribution is 0.477. The van der Waals surface area contributed by atoms with Crippen molar-refractivity contribution < 1.29 is 5.11 Å². The molecule has 3 aromatic carbocycles. The Bertz CT molecular complexity index is 822. The van der Waals surface area contributed by atoms with Crippen LogP contribution in [0.3, 0.4) is 0 Å². The lowest BCUT2D eigenvalue weighted by atomic mass is 10.1. The van der Waals surface area contributed by atoms with E-state index < -0.39 is 0 Å². The fourth-order valence-corrected chi connectivity index (χ4v) is 2.35. The van der Waals surface area contributed by atoms with Gasteiger partial charge in [0, 0.05) is 17.1 Å². The maximum Gasteiger partial charge on any atom is 0.123 e. The monoisotopic (exact) mass is 299 g/mol. The molecule has 0 saturated carbocycles. The topological polar surface area (TPSA) is 33.1 Å². The number of hydrogen-bond donors (Lipinski definition) is 1. The van der Waals surface area contributed by atoms with Crippen molar-refractivity contribution in [1.29, 1.82) is 0 Å². The number of benzene rings is 3. The molecule has 0 fully saturated rings. The molecule has 0 aliphatic carbocycles. The molecule has 4 aromatic rings. The molecule has 0 atom stereocenters. The molecule has 0 aliphatic heterocycles. The number of rotatable bonds is 1. The minimum Gasteiger partial charge on any atom is -0.507 e. The summed E-state index contributed by atoms with van der Waals surface area (Å²) in [5, 5.41) is 10.8. The smallest absolute Gasteiger partial charge is 0.123 e. The van der Waals surface area contributed by atoms with Gasteiger partial charge in [0.1, 0.15) is 5.75 Å². The van der Waals surface area contributed by atoms with Gasteiger partial charge in [-0.25, -0.2) is 0 Å². The maximum atomic E-state index is 9.56. The molecule has 112 valence electrons. The zero-order chi connectivity index (χ0) is 15.9. The van der Waals surface area contributed by atoms with Crippen LogP contribution in [-0.4, -0.2) is 10.1 Å². The molecule has 2 nitrogen and oxygen atoms in total. The van der Waals surface area contributed by atoms with E-state index in [-0.39, 0.29) is 0 Å². The number of hydrogen-bond acceptors (Lipinski definition) is 2. The molecular formula is C21H17NO. The highest BCUT2D eigenvalue weighted by Crippen LogP contribution is 2.27. The van der Waals surface area contributed by atoms with Gasteiger partial charge in [0.15, 0.2) is 0 Å². The van der Waals surface area contributed by atoms with E-state index in [4.69, 9.17) is 0 Å². The van der Waals surface area contributed by atoms with Crippen molar-refractivity contribution in [2.24, 2.45) is 0 Å². The van der Waals surface area contributed by atoms with Gasteiger partial charge < -0.3 is 5.11 Å². The SMILES string of the molecule is Oc1ccccc1-c1ccccc1.c1ccc2ncccc2c1. The van der Waals surface area contributed by atoms with E-state index in [9.17, 15) is 5.11 Å². The molecule has 0 unspecified atom stereocenters. The van der Waals surface area contributed by atoms with Crippen molar-refractivity contribution in [2.75, 3.05) is 0 Å². The maximum absolute atomic E-state index is 9.56. The second kappa shape index (κ2) is 7.23. The third-order valence-electron chi connectivity index (χ3n) is 3.50. The third kappa shape index (κ3) is 3.74. The molecule has 0 aliphatic rings. The van der Waals surface area contributed by atoms with E-state index in [1.807, 2.05) is 79.0 Å². The lowest BCUT2D eigenvalue weighted by Crippen LogP contribution is -1.76. The minimum absolute atomic E-state index is 0.328. The zero-order valence-corrected chi connectivity index (χ0v) is 12.6. The Labute approximate surface area is 135 Å². The van der Waals surface area contributed by atoms with Crippen molar-refractivity contribution in [1.82, 2.24) is 4.98 Å². The van der Waals surface area contributed by atoms with E-state index in [1.165, 1.54) is 5.39 Å². The second-order valence-electron chi connectivity index (χ2n) is 5.08. The van der Waals surface area contributed by atoms with Crippen LogP contribution in [0, 0.1) is 0 Å². The van der Waals surface area contributed by atoms with Crippen LogP contribution in [0.2, 0.25) is 0 Å². The molecule has 1 N–H and O–H groups in total. The number of para-hydroxylation sites is 2. The fourth-order valence-electron chi connectivity index (χ4n) is 2.35. The third-order valence-corrected chi connectivity index (χ3v) is 3.50. The van der Waals surface area contributed by atoms with Crippen LogP contribution in [0.15, 0.2) is 97.2 Å². The van der Waals surface area contributed by atoms with E-state index >= 15 is 0 Å². The molecule has 2 heteroatoms. The Morgan fingerprint density at radius 1 is 0.609 bits per heavy atom. The first-order valence-electron chi connectivity index (χ1n) is 7.48. The Morgan fingerprint density at radius 2 is 1.26 bits per heavy atom. The standard InChI is InChI=1S/C12H10O.C9H7N/c13-12-9-5-4-8-11(12)10-6-2-1-3-7-10;1-2-6-9-8(4-1)5-3-7-10-9/h1-9,13H;1-7H. The number of fused-ring (bicyclic) bond motifs is 1. The Morgan fingerprint density at radius 3 is 2.04 bits per heavy atom. The van der Waals surface area contributed by atoms with Gasteiger partial charge in [-0.15, -0.1) is 0 Å². The van der Waals surface area contributed by atoms with Gasteiger partial charge in [0.25, 0.3) is 0 Å². The first-order valence-corrected chi connectivity index (χ1v) is 7.48. The summed E-state index contributed by atoms with van der Waals surface area (Å²) in [5.41, 5.74) is 2.98. The van der Waals surface area contributed by atoms with E-state index in [0.29, 0.717) is 5.75 Å². The summed E-state index contributed by atoms with van der Waals surface area (Å²) >= 11 is 0. The Kier molecular flexibility index (Phi) is 4.65. The van der Waals surface area contributed by atoms with Crippen LogP contribution >= 0.6 is 0 Å². The van der Waals surface area contributed by atoms with Gasteiger partial charge >= 0.3 is 0 Å². The first kappa shape index (κ1) is 14.8. The summed E-state index contributed by atoms with van der Waals surface area (Å²) in [6.07, 6.45) is 1.81. The summed E-state index contributed by atoms with van der Waals surface area (Å²) in [6.45, 7) is 0. The van der Waals surface area contributed by atoms with Crippen molar-refractivity contribution >= 4 is 10.9 Å². The highest BCUT2D eigenvalue weighted by atomic mass is 16.3. The predicted octanol–water partition coefficient (Wildman–Crippen LogP) is 5.29. The molecule has 1 aromatic heterocycles. The van der Waals surface area contributed by atoms with Gasteiger partial charge in [-0.3, -0.25) is 4.98 Å². The van der Waals surface area contributed by atoms with E-state index in [1.54, 1.807) is 6.07 Å². The van der Waals surface area contributed by atoms with Crippen LogP contribution in [-0.2, 0) is 0 Å². The molecule has 0 spiro atoms. The van der Waals surface area contributed by atoms with Crippen LogP contribution in [0.1, 0.15) is 0 Å². The quantitative estimate of drug-likeness (QED) is 0.518. The molecule has 0 saturated heterocycles. The zero-order valence-electron chi connectivity index (χ0n) is 12.6. The summed E-state index contributed by atoms with van der Waals surface area (Å²) in [7, 11) is 0. The largest absolute Gasteiger partial charge is 0.507 e. The van der Waals surface area contributed by atoms with Gasteiger partial charge in [-0.1, -0.05) is 72.8 Å². The number of pyridine rings is 1. The van der Waals surface area contributed by atoms with E-state index in [2.05, 4.69) is 17.1 Å². The molecule has 0 amide bonds. The molecule has 1 heterocycles. The van der Waals surface area contributed by atoms with Gasteiger partial charge in [0.05, 0.1) is 5.52 Å². The number of phenolic OH excluding ortho intramolecular Hbond substituents is 1. The average molecular weight is 299 g/mol. The number of aromatic nitrogens is 1. The first-order chi connectivity index (χ1) is 11.3. The Balaban J connectivity index is 0.000000140. The van der Waals surface area contributed by atoms with Gasteiger partial charge in [-0.05, 0) is 23.8 Å². The number of aromatic hydroxyl groups is 1. The van der Waals surface area contributed by atoms with Crippen molar-refractivity contribution in [3.05, 3.63) is 97.2 Å². The molecule has 4 rings (SSSR count). The van der Waals surface area contributed by atoms with Gasteiger partial charge in [0.2, 0.25) is 0 Å². The van der Waals surface area contributed by atoms with Crippen LogP contribution in [0.25, 0.3) is 22.0 Å². The molecular weight excluding hydrogens is 282 g/mol. The van der Waals surface area contributed by atoms with Crippen molar-refractivity contribution in [2.45, 2.75) is 0 Å². The number of phenols is 1. The minimum atomic E-state index is 0.328. The lowest BCUT2D eigenvalue weighted by Gasteiger charge is -2.02. The number of nitrogens with zero attached hydrogens (tertiary/aromatic N) is 1. The highest BCUT2D eigenvalue weighted by Gasteiger charge is 2.00. The van der Waals surface area contributed by atoms with Crippen molar-refractivity contribution in [3.63, 3.8) is 0 Å². The molecule has 0 bridgehead atoms. The average Bonchev–Trinajstić information content (AvgIpc) is 2.63. The Hall–Kier alpha value is -3.13. The summed E-state index contributed by atoms with van der Waals surface area (Å²) in [6, 6.07) is 29.3. The van der Waals surface area contributed by atoms with Crippen molar-refractivity contribution in [3.8, 4) is 16.9 Å². The summed E-state index contributed by atoms with van der Waals surface area (Å²) in [4.78, 5) is 4.18. The molecule has 23 heavy (non-hydrogen) atoms. The highest BCUT2D eigenvalue weighted by molar-refractivity contribution is 5.77. The predicted molar refractivity (Wildman–Crippen MR) is 95.3 cm³/mol. The summed E-state index contributed by atoms with van der Waals surface area (Å²) < 4.78 is 0. The van der Waals surface area contributed by atoms with E-state index in [0.717, 1.165) is 16.6 Å². The fraction of sp³-hybridized carbons (Fsp3) is 0. The van der Waals surface area contributed by atoms with Gasteiger partial charge in [-0.2, -0.15) is 0 Å². The second-order valence-corrected chi connectivity index (χ2v) is 5.08. The van der Waals surface area contributed by atoms with Crippen LogP contribution in [0.4, 0.5) is 0 Å². The normalized spacial score (nSPS) is 9.91.